The SMILES string of the molecule is CS(=O)(=O)N[C@H]1CCCN(C(=O)OCC(F)(F)F)[C@H]1COC1CCN(c2ncccn2)CC1. The maximum absolute atomic E-state index is 12.5. The van der Waals surface area contributed by atoms with E-state index in [0.717, 1.165) is 11.2 Å². The number of rotatable bonds is 7. The van der Waals surface area contributed by atoms with Gasteiger partial charge in [-0.25, -0.2) is 27.9 Å². The number of amides is 1. The number of hydrogen-bond donors (Lipinski definition) is 1. The van der Waals surface area contributed by atoms with Gasteiger partial charge in [-0.15, -0.1) is 0 Å². The third-order valence-corrected chi connectivity index (χ3v) is 6.25. The molecule has 2 saturated heterocycles. The minimum atomic E-state index is -4.65. The summed E-state index contributed by atoms with van der Waals surface area (Å²) >= 11 is 0. The molecule has 3 rings (SSSR count). The number of alkyl halides is 3. The largest absolute Gasteiger partial charge is 0.440 e. The lowest BCUT2D eigenvalue weighted by molar-refractivity contribution is -0.163. The first kappa shape index (κ1) is 25.4. The Labute approximate surface area is 190 Å². The van der Waals surface area contributed by atoms with E-state index in [1.54, 1.807) is 18.5 Å². The van der Waals surface area contributed by atoms with E-state index < -0.39 is 41.0 Å². The fourth-order valence-electron chi connectivity index (χ4n) is 4.04. The van der Waals surface area contributed by atoms with Crippen LogP contribution >= 0.6 is 0 Å². The monoisotopic (exact) mass is 495 g/mol. The third kappa shape index (κ3) is 7.96. The fourth-order valence-corrected chi connectivity index (χ4v) is 4.87. The summed E-state index contributed by atoms with van der Waals surface area (Å²) in [5, 5.41) is 0. The first-order valence-corrected chi connectivity index (χ1v) is 12.5. The number of carbonyl (C=O) groups is 1. The quantitative estimate of drug-likeness (QED) is 0.606. The molecule has 0 aromatic carbocycles. The molecule has 1 amide bonds. The van der Waals surface area contributed by atoms with Crippen LogP contribution in [0.4, 0.5) is 23.9 Å². The summed E-state index contributed by atoms with van der Waals surface area (Å²) in [5.74, 6) is 0.624. The molecule has 0 radical (unpaired) electrons. The number of sulfonamides is 1. The molecule has 0 saturated carbocycles. The third-order valence-electron chi connectivity index (χ3n) is 5.52. The van der Waals surface area contributed by atoms with Gasteiger partial charge in [0, 0.05) is 38.1 Å². The van der Waals surface area contributed by atoms with Crippen molar-refractivity contribution < 1.29 is 35.9 Å². The normalized spacial score (nSPS) is 22.9. The Morgan fingerprint density at radius 3 is 2.45 bits per heavy atom. The highest BCUT2D eigenvalue weighted by atomic mass is 32.2. The Hall–Kier alpha value is -2.19. The number of ether oxygens (including phenoxy) is 2. The van der Waals surface area contributed by atoms with Crippen LogP contribution in [0.15, 0.2) is 18.5 Å². The van der Waals surface area contributed by atoms with Crippen molar-refractivity contribution in [2.75, 3.05) is 44.0 Å². The van der Waals surface area contributed by atoms with Gasteiger partial charge in [-0.2, -0.15) is 13.2 Å². The molecule has 2 atom stereocenters. The van der Waals surface area contributed by atoms with Crippen molar-refractivity contribution in [3.63, 3.8) is 0 Å². The minimum Gasteiger partial charge on any atom is -0.440 e. The van der Waals surface area contributed by atoms with Crippen molar-refractivity contribution in [2.45, 2.75) is 50.0 Å². The van der Waals surface area contributed by atoms with E-state index in [4.69, 9.17) is 4.74 Å². The van der Waals surface area contributed by atoms with Gasteiger partial charge in [-0.05, 0) is 31.7 Å². The molecule has 0 spiro atoms. The second-order valence-electron chi connectivity index (χ2n) is 8.14. The number of hydrogen-bond acceptors (Lipinski definition) is 8. The number of halogens is 3. The van der Waals surface area contributed by atoms with Gasteiger partial charge >= 0.3 is 12.3 Å². The Morgan fingerprint density at radius 1 is 1.18 bits per heavy atom. The van der Waals surface area contributed by atoms with Crippen molar-refractivity contribution in [1.29, 1.82) is 0 Å². The van der Waals surface area contributed by atoms with Crippen molar-refractivity contribution in [3.8, 4) is 0 Å². The first-order valence-electron chi connectivity index (χ1n) is 10.6. The van der Waals surface area contributed by atoms with E-state index in [-0.39, 0.29) is 19.3 Å². The maximum atomic E-state index is 12.5. The summed E-state index contributed by atoms with van der Waals surface area (Å²) in [6, 6.07) is 0.255. The molecule has 14 heteroatoms. The number of anilines is 1. The molecule has 0 bridgehead atoms. The number of aromatic nitrogens is 2. The molecule has 10 nitrogen and oxygen atoms in total. The second-order valence-corrected chi connectivity index (χ2v) is 9.92. The van der Waals surface area contributed by atoms with E-state index >= 15 is 0 Å². The lowest BCUT2D eigenvalue weighted by Gasteiger charge is -2.41. The van der Waals surface area contributed by atoms with Crippen molar-refractivity contribution in [3.05, 3.63) is 18.5 Å². The van der Waals surface area contributed by atoms with Crippen LogP contribution in [0.2, 0.25) is 0 Å². The Morgan fingerprint density at radius 2 is 1.85 bits per heavy atom. The molecule has 33 heavy (non-hydrogen) atoms. The molecule has 2 aliphatic heterocycles. The molecular formula is C19H28F3N5O5S. The molecule has 0 unspecified atom stereocenters. The van der Waals surface area contributed by atoms with E-state index in [2.05, 4.69) is 19.4 Å². The summed E-state index contributed by atoms with van der Waals surface area (Å²) in [4.78, 5) is 24.0. The fraction of sp³-hybridized carbons (Fsp3) is 0.737. The molecular weight excluding hydrogens is 467 g/mol. The van der Waals surface area contributed by atoms with Gasteiger partial charge in [0.05, 0.1) is 25.0 Å². The Kier molecular flexibility index (Phi) is 8.34. The van der Waals surface area contributed by atoms with Crippen LogP contribution in [0.25, 0.3) is 0 Å². The number of likely N-dealkylation sites (tertiary alicyclic amines) is 1. The topological polar surface area (TPSA) is 114 Å². The first-order chi connectivity index (χ1) is 15.5. The standard InChI is InChI=1S/C19H28F3N5O5S/c1-33(29,30)25-15-4-2-9-27(18(28)32-13-19(20,21)22)16(15)12-31-14-5-10-26(11-6-14)17-23-7-3-8-24-17/h3,7-8,14-16,25H,2,4-6,9-13H2,1H3/t15-,16-/m0/s1. The Bertz CT molecular complexity index is 882. The molecule has 186 valence electrons. The average molecular weight is 496 g/mol. The van der Waals surface area contributed by atoms with Crippen LogP contribution in [0.5, 0.6) is 0 Å². The summed E-state index contributed by atoms with van der Waals surface area (Å²) in [6.45, 7) is -0.277. The van der Waals surface area contributed by atoms with Crippen LogP contribution in [0.3, 0.4) is 0 Å². The lowest BCUT2D eigenvalue weighted by atomic mass is 9.97. The smallest absolute Gasteiger partial charge is 0.422 e. The molecule has 2 fully saturated rings. The van der Waals surface area contributed by atoms with Gasteiger partial charge < -0.3 is 19.3 Å². The summed E-state index contributed by atoms with van der Waals surface area (Å²) in [7, 11) is -3.61. The molecule has 3 heterocycles. The minimum absolute atomic E-state index is 0.0270. The van der Waals surface area contributed by atoms with E-state index in [1.165, 1.54) is 0 Å². The molecule has 1 N–H and O–H groups in total. The van der Waals surface area contributed by atoms with Crippen molar-refractivity contribution >= 4 is 22.1 Å². The zero-order valence-corrected chi connectivity index (χ0v) is 19.0. The zero-order chi connectivity index (χ0) is 24.1. The van der Waals surface area contributed by atoms with Crippen LogP contribution < -0.4 is 9.62 Å². The van der Waals surface area contributed by atoms with E-state index in [9.17, 15) is 26.4 Å². The predicted octanol–water partition coefficient (Wildman–Crippen LogP) is 1.54. The molecule has 1 aromatic rings. The van der Waals surface area contributed by atoms with Crippen LogP contribution in [-0.4, -0.2) is 92.8 Å². The maximum Gasteiger partial charge on any atom is 0.422 e. The molecule has 2 aliphatic rings. The molecule has 1 aromatic heterocycles. The van der Waals surface area contributed by atoms with Gasteiger partial charge in [0.2, 0.25) is 16.0 Å². The van der Waals surface area contributed by atoms with Crippen molar-refractivity contribution in [2.24, 2.45) is 0 Å². The average Bonchev–Trinajstić information content (AvgIpc) is 2.76. The zero-order valence-electron chi connectivity index (χ0n) is 18.2. The van der Waals surface area contributed by atoms with E-state index in [1.807, 2.05) is 4.90 Å². The van der Waals surface area contributed by atoms with Gasteiger partial charge in [0.15, 0.2) is 6.61 Å². The number of piperidine rings is 2. The number of nitrogens with one attached hydrogen (secondary N) is 1. The highest BCUT2D eigenvalue weighted by Gasteiger charge is 2.39. The van der Waals surface area contributed by atoms with Gasteiger partial charge in [0.1, 0.15) is 0 Å². The summed E-state index contributed by atoms with van der Waals surface area (Å²) < 4.78 is 74.0. The van der Waals surface area contributed by atoms with Gasteiger partial charge in [-0.3, -0.25) is 0 Å². The van der Waals surface area contributed by atoms with Gasteiger partial charge in [-0.1, -0.05) is 0 Å². The van der Waals surface area contributed by atoms with E-state index in [0.29, 0.717) is 44.7 Å². The van der Waals surface area contributed by atoms with Crippen molar-refractivity contribution in [1.82, 2.24) is 19.6 Å². The lowest BCUT2D eigenvalue weighted by Crippen LogP contribution is -2.59. The van der Waals surface area contributed by atoms with Crippen LogP contribution in [0, 0.1) is 0 Å². The van der Waals surface area contributed by atoms with Gasteiger partial charge in [0.25, 0.3) is 0 Å². The van der Waals surface area contributed by atoms with Crippen LogP contribution in [-0.2, 0) is 19.5 Å². The number of carbonyl (C=O) groups excluding carboxylic acids is 1. The molecule has 0 aliphatic carbocycles. The highest BCUT2D eigenvalue weighted by molar-refractivity contribution is 7.88. The Balaban J connectivity index is 1.61. The summed E-state index contributed by atoms with van der Waals surface area (Å²) in [6.07, 6.45) is 0.530. The summed E-state index contributed by atoms with van der Waals surface area (Å²) in [5.41, 5.74) is 0. The number of nitrogens with zero attached hydrogens (tertiary/aromatic N) is 4. The highest BCUT2D eigenvalue weighted by Crippen LogP contribution is 2.24. The van der Waals surface area contributed by atoms with Crippen LogP contribution in [0.1, 0.15) is 25.7 Å². The predicted molar refractivity (Wildman–Crippen MR) is 112 cm³/mol. The second kappa shape index (κ2) is 10.8.